The summed E-state index contributed by atoms with van der Waals surface area (Å²) in [6.07, 6.45) is 6.32. The van der Waals surface area contributed by atoms with Crippen LogP contribution in [0.2, 0.25) is 0 Å². The first-order valence-corrected chi connectivity index (χ1v) is 7.74. The molecule has 3 aromatic heterocycles. The van der Waals surface area contributed by atoms with Crippen LogP contribution in [0.25, 0.3) is 16.9 Å². The van der Waals surface area contributed by atoms with E-state index in [0.717, 1.165) is 0 Å². The highest BCUT2D eigenvalue weighted by molar-refractivity contribution is 6.09. The SMILES string of the molecule is COc1ccc(N)cc1-c1[nH]ncc1NC(=O)c1cnn2cccnc12. The number of nitrogens with two attached hydrogens (primary N) is 1. The first kappa shape index (κ1) is 15.6. The van der Waals surface area contributed by atoms with Gasteiger partial charge in [-0.25, -0.2) is 9.50 Å². The number of benzene rings is 1. The van der Waals surface area contributed by atoms with Gasteiger partial charge in [-0.1, -0.05) is 0 Å². The summed E-state index contributed by atoms with van der Waals surface area (Å²) >= 11 is 0. The predicted molar refractivity (Wildman–Crippen MR) is 95.9 cm³/mol. The van der Waals surface area contributed by atoms with Crippen molar-refractivity contribution in [2.24, 2.45) is 0 Å². The number of nitrogens with zero attached hydrogens (tertiary/aromatic N) is 4. The highest BCUT2D eigenvalue weighted by Gasteiger charge is 2.18. The first-order chi connectivity index (χ1) is 12.7. The fourth-order valence-electron chi connectivity index (χ4n) is 2.68. The van der Waals surface area contributed by atoms with Crippen LogP contribution in [0.5, 0.6) is 5.75 Å². The van der Waals surface area contributed by atoms with Gasteiger partial charge >= 0.3 is 0 Å². The Morgan fingerprint density at radius 1 is 1.35 bits per heavy atom. The average molecular weight is 349 g/mol. The van der Waals surface area contributed by atoms with Crippen molar-refractivity contribution in [1.82, 2.24) is 24.8 Å². The fourth-order valence-corrected chi connectivity index (χ4v) is 2.68. The zero-order chi connectivity index (χ0) is 18.1. The number of hydrogen-bond acceptors (Lipinski definition) is 6. The molecule has 4 rings (SSSR count). The van der Waals surface area contributed by atoms with Gasteiger partial charge < -0.3 is 15.8 Å². The Labute approximate surface area is 147 Å². The predicted octanol–water partition coefficient (Wildman–Crippen LogP) is 1.96. The number of nitrogens with one attached hydrogen (secondary N) is 2. The van der Waals surface area contributed by atoms with Crippen LogP contribution in [0.3, 0.4) is 0 Å². The minimum atomic E-state index is -0.343. The quantitative estimate of drug-likeness (QED) is 0.484. The van der Waals surface area contributed by atoms with Crippen molar-refractivity contribution in [3.8, 4) is 17.0 Å². The third-order valence-corrected chi connectivity index (χ3v) is 3.90. The molecule has 4 N–H and O–H groups in total. The molecule has 0 aliphatic rings. The van der Waals surface area contributed by atoms with E-state index in [4.69, 9.17) is 10.5 Å². The Bertz CT molecular complexity index is 1100. The molecule has 0 unspecified atom stereocenters. The van der Waals surface area contributed by atoms with Gasteiger partial charge in [0.05, 0.1) is 30.9 Å². The number of H-pyrrole nitrogens is 1. The Balaban J connectivity index is 1.70. The van der Waals surface area contributed by atoms with Crippen molar-refractivity contribution in [1.29, 1.82) is 0 Å². The van der Waals surface area contributed by atoms with E-state index in [0.29, 0.717) is 39.6 Å². The highest BCUT2D eigenvalue weighted by Crippen LogP contribution is 2.35. The van der Waals surface area contributed by atoms with Gasteiger partial charge in [-0.2, -0.15) is 10.2 Å². The number of amides is 1. The van der Waals surface area contributed by atoms with E-state index >= 15 is 0 Å². The van der Waals surface area contributed by atoms with E-state index in [1.54, 1.807) is 43.8 Å². The number of nitrogen functional groups attached to an aromatic ring is 1. The van der Waals surface area contributed by atoms with Crippen LogP contribution in [0.15, 0.2) is 49.1 Å². The lowest BCUT2D eigenvalue weighted by molar-refractivity contribution is 0.102. The van der Waals surface area contributed by atoms with E-state index in [-0.39, 0.29) is 5.91 Å². The average Bonchev–Trinajstić information content (AvgIpc) is 3.28. The second-order valence-corrected chi connectivity index (χ2v) is 5.52. The Hall–Kier alpha value is -3.88. The number of hydrogen-bond donors (Lipinski definition) is 3. The molecule has 3 heterocycles. The van der Waals surface area contributed by atoms with Crippen LogP contribution in [-0.4, -0.2) is 37.8 Å². The molecule has 0 fully saturated rings. The number of ether oxygens (including phenoxy) is 1. The lowest BCUT2D eigenvalue weighted by Crippen LogP contribution is -2.12. The normalized spacial score (nSPS) is 10.8. The Morgan fingerprint density at radius 3 is 3.08 bits per heavy atom. The number of aromatic nitrogens is 5. The maximum Gasteiger partial charge on any atom is 0.261 e. The van der Waals surface area contributed by atoms with Crippen LogP contribution >= 0.6 is 0 Å². The zero-order valence-electron chi connectivity index (χ0n) is 13.8. The van der Waals surface area contributed by atoms with Gasteiger partial charge in [-0.15, -0.1) is 0 Å². The van der Waals surface area contributed by atoms with Crippen molar-refractivity contribution in [3.63, 3.8) is 0 Å². The number of methoxy groups -OCH3 is 1. The number of fused-ring (bicyclic) bond motifs is 1. The molecule has 0 aliphatic heterocycles. The van der Waals surface area contributed by atoms with Gasteiger partial charge in [0.15, 0.2) is 5.65 Å². The summed E-state index contributed by atoms with van der Waals surface area (Å²) in [6, 6.07) is 6.98. The van der Waals surface area contributed by atoms with E-state index in [1.807, 2.05) is 0 Å². The molecule has 0 atom stereocenters. The lowest BCUT2D eigenvalue weighted by atomic mass is 10.1. The van der Waals surface area contributed by atoms with Gasteiger partial charge in [-0.05, 0) is 24.3 Å². The molecule has 0 saturated carbocycles. The molecular formula is C17H15N7O2. The van der Waals surface area contributed by atoms with Crippen LogP contribution in [0.1, 0.15) is 10.4 Å². The van der Waals surface area contributed by atoms with Crippen molar-refractivity contribution in [3.05, 3.63) is 54.6 Å². The summed E-state index contributed by atoms with van der Waals surface area (Å²) in [7, 11) is 1.56. The van der Waals surface area contributed by atoms with Crippen LogP contribution in [0.4, 0.5) is 11.4 Å². The summed E-state index contributed by atoms with van der Waals surface area (Å²) in [4.78, 5) is 16.9. The van der Waals surface area contributed by atoms with Gasteiger partial charge in [0, 0.05) is 23.6 Å². The molecule has 0 radical (unpaired) electrons. The maximum atomic E-state index is 12.7. The molecule has 0 bridgehead atoms. The third-order valence-electron chi connectivity index (χ3n) is 3.90. The fraction of sp³-hybridized carbons (Fsp3) is 0.0588. The van der Waals surface area contributed by atoms with E-state index in [1.165, 1.54) is 16.9 Å². The monoisotopic (exact) mass is 349 g/mol. The first-order valence-electron chi connectivity index (χ1n) is 7.74. The number of anilines is 2. The van der Waals surface area contributed by atoms with Crippen molar-refractivity contribution >= 4 is 22.9 Å². The van der Waals surface area contributed by atoms with Crippen molar-refractivity contribution < 1.29 is 9.53 Å². The van der Waals surface area contributed by atoms with E-state index in [9.17, 15) is 4.79 Å². The molecule has 0 spiro atoms. The summed E-state index contributed by atoms with van der Waals surface area (Å²) < 4.78 is 6.91. The van der Waals surface area contributed by atoms with Gasteiger partial charge in [-0.3, -0.25) is 9.89 Å². The maximum absolute atomic E-state index is 12.7. The van der Waals surface area contributed by atoms with E-state index in [2.05, 4.69) is 25.6 Å². The molecule has 1 amide bonds. The second kappa shape index (κ2) is 6.20. The Kier molecular flexibility index (Phi) is 3.73. The number of aromatic amines is 1. The molecular weight excluding hydrogens is 334 g/mol. The molecule has 9 heteroatoms. The third kappa shape index (κ3) is 2.61. The highest BCUT2D eigenvalue weighted by atomic mass is 16.5. The van der Waals surface area contributed by atoms with Crippen LogP contribution < -0.4 is 15.8 Å². The largest absolute Gasteiger partial charge is 0.496 e. The summed E-state index contributed by atoms with van der Waals surface area (Å²) in [5, 5.41) is 13.9. The molecule has 130 valence electrons. The number of carbonyl (C=O) groups excluding carboxylic acids is 1. The van der Waals surface area contributed by atoms with E-state index < -0.39 is 0 Å². The Morgan fingerprint density at radius 2 is 2.23 bits per heavy atom. The standard InChI is InChI=1S/C17H15N7O2/c1-26-14-4-3-10(18)7-11(14)15-13(9-20-23-15)22-17(25)12-8-21-24-6-2-5-19-16(12)24/h2-9H,18H2,1H3,(H,20,23)(H,22,25). The van der Waals surface area contributed by atoms with Crippen LogP contribution in [0, 0.1) is 0 Å². The van der Waals surface area contributed by atoms with Gasteiger partial charge in [0.2, 0.25) is 0 Å². The summed E-state index contributed by atoms with van der Waals surface area (Å²) in [5.74, 6) is 0.265. The number of rotatable bonds is 4. The van der Waals surface area contributed by atoms with Gasteiger partial charge in [0.1, 0.15) is 11.3 Å². The molecule has 0 aliphatic carbocycles. The molecule has 4 aromatic rings. The summed E-state index contributed by atoms with van der Waals surface area (Å²) in [5.41, 5.74) is 9.06. The second-order valence-electron chi connectivity index (χ2n) is 5.52. The minimum absolute atomic E-state index is 0.343. The molecule has 0 saturated heterocycles. The van der Waals surface area contributed by atoms with Crippen molar-refractivity contribution in [2.45, 2.75) is 0 Å². The zero-order valence-corrected chi connectivity index (χ0v) is 13.8. The smallest absolute Gasteiger partial charge is 0.261 e. The molecule has 26 heavy (non-hydrogen) atoms. The lowest BCUT2D eigenvalue weighted by Gasteiger charge is -2.10. The molecule has 9 nitrogen and oxygen atoms in total. The topological polar surface area (TPSA) is 123 Å². The molecule has 1 aromatic carbocycles. The van der Waals surface area contributed by atoms with Gasteiger partial charge in [0.25, 0.3) is 5.91 Å². The number of carbonyl (C=O) groups is 1. The van der Waals surface area contributed by atoms with Crippen molar-refractivity contribution in [2.75, 3.05) is 18.2 Å². The minimum Gasteiger partial charge on any atom is -0.496 e. The van der Waals surface area contributed by atoms with Crippen LogP contribution in [-0.2, 0) is 0 Å². The summed E-state index contributed by atoms with van der Waals surface area (Å²) in [6.45, 7) is 0.